The quantitative estimate of drug-likeness (QED) is 0.563. The summed E-state index contributed by atoms with van der Waals surface area (Å²) in [5, 5.41) is 0.905. The van der Waals surface area contributed by atoms with Crippen LogP contribution in [0.15, 0.2) is 30.3 Å². The second-order valence-corrected chi connectivity index (χ2v) is 3.11. The van der Waals surface area contributed by atoms with Crippen molar-refractivity contribution in [2.75, 3.05) is 12.8 Å². The van der Waals surface area contributed by atoms with Gasteiger partial charge in [0.2, 0.25) is 0 Å². The fourth-order valence-corrected chi connectivity index (χ4v) is 1.39. The number of carbonyl (C=O) groups excluding carboxylic acids is 1. The Morgan fingerprint density at radius 1 is 1.33 bits per heavy atom. The molecule has 76 valence electrons. The number of fused-ring (bicyclic) bond motifs is 1. The number of hydrogen-bond acceptors (Lipinski definition) is 4. The van der Waals surface area contributed by atoms with Gasteiger partial charge in [0.15, 0.2) is 0 Å². The van der Waals surface area contributed by atoms with Crippen LogP contribution < -0.4 is 5.73 Å². The molecule has 0 aliphatic heterocycles. The zero-order chi connectivity index (χ0) is 10.8. The van der Waals surface area contributed by atoms with Gasteiger partial charge < -0.3 is 10.5 Å². The summed E-state index contributed by atoms with van der Waals surface area (Å²) >= 11 is 0. The summed E-state index contributed by atoms with van der Waals surface area (Å²) in [6, 6.07) is 8.89. The Kier molecular flexibility index (Phi) is 2.25. The number of carbonyl (C=O) groups is 1. The number of para-hydroxylation sites is 1. The second-order valence-electron chi connectivity index (χ2n) is 3.11. The SMILES string of the molecule is COC(=O)c1ccc2cccc(N)c2n1. The van der Waals surface area contributed by atoms with Crippen LogP contribution in [0.3, 0.4) is 0 Å². The van der Waals surface area contributed by atoms with E-state index in [1.807, 2.05) is 12.1 Å². The first-order valence-corrected chi connectivity index (χ1v) is 4.46. The lowest BCUT2D eigenvalue weighted by atomic mass is 10.2. The second kappa shape index (κ2) is 3.57. The molecule has 1 aromatic carbocycles. The van der Waals surface area contributed by atoms with E-state index in [2.05, 4.69) is 9.72 Å². The maximum Gasteiger partial charge on any atom is 0.356 e. The van der Waals surface area contributed by atoms with E-state index in [0.29, 0.717) is 11.2 Å². The number of methoxy groups -OCH3 is 1. The van der Waals surface area contributed by atoms with Crippen molar-refractivity contribution in [1.82, 2.24) is 4.98 Å². The van der Waals surface area contributed by atoms with Gasteiger partial charge in [-0.25, -0.2) is 9.78 Å². The molecule has 0 saturated carbocycles. The van der Waals surface area contributed by atoms with Crippen LogP contribution in [0.4, 0.5) is 5.69 Å². The van der Waals surface area contributed by atoms with Crippen molar-refractivity contribution in [1.29, 1.82) is 0 Å². The molecule has 1 heterocycles. The molecule has 2 rings (SSSR count). The molecule has 0 amide bonds. The van der Waals surface area contributed by atoms with E-state index in [1.54, 1.807) is 18.2 Å². The van der Waals surface area contributed by atoms with E-state index in [9.17, 15) is 4.79 Å². The minimum Gasteiger partial charge on any atom is -0.464 e. The lowest BCUT2D eigenvalue weighted by Gasteiger charge is -2.03. The number of esters is 1. The third-order valence-corrected chi connectivity index (χ3v) is 2.15. The van der Waals surface area contributed by atoms with Gasteiger partial charge in [-0.3, -0.25) is 0 Å². The fourth-order valence-electron chi connectivity index (χ4n) is 1.39. The van der Waals surface area contributed by atoms with Gasteiger partial charge in [0.25, 0.3) is 0 Å². The largest absolute Gasteiger partial charge is 0.464 e. The molecule has 1 aromatic heterocycles. The number of benzene rings is 1. The highest BCUT2D eigenvalue weighted by atomic mass is 16.5. The predicted octanol–water partition coefficient (Wildman–Crippen LogP) is 1.60. The van der Waals surface area contributed by atoms with Crippen molar-refractivity contribution in [3.05, 3.63) is 36.0 Å². The Labute approximate surface area is 86.7 Å². The molecule has 2 aromatic rings. The smallest absolute Gasteiger partial charge is 0.356 e. The molecule has 0 unspecified atom stereocenters. The number of nitrogens with two attached hydrogens (primary N) is 1. The van der Waals surface area contributed by atoms with Gasteiger partial charge in [0, 0.05) is 5.39 Å². The molecule has 4 heteroatoms. The molecular formula is C11H10N2O2. The van der Waals surface area contributed by atoms with E-state index >= 15 is 0 Å². The van der Waals surface area contributed by atoms with Gasteiger partial charge in [-0.1, -0.05) is 18.2 Å². The minimum atomic E-state index is -0.458. The van der Waals surface area contributed by atoms with Gasteiger partial charge in [-0.05, 0) is 12.1 Å². The van der Waals surface area contributed by atoms with Crippen LogP contribution in [0.25, 0.3) is 10.9 Å². The van der Waals surface area contributed by atoms with Crippen molar-refractivity contribution in [2.45, 2.75) is 0 Å². The van der Waals surface area contributed by atoms with Crippen molar-refractivity contribution < 1.29 is 9.53 Å². The number of nitrogen functional groups attached to an aromatic ring is 1. The number of ether oxygens (including phenoxy) is 1. The Morgan fingerprint density at radius 3 is 2.87 bits per heavy atom. The first kappa shape index (κ1) is 9.45. The first-order chi connectivity index (χ1) is 7.22. The third-order valence-electron chi connectivity index (χ3n) is 2.15. The Balaban J connectivity index is 2.64. The van der Waals surface area contributed by atoms with Crippen LogP contribution in [0.5, 0.6) is 0 Å². The Bertz CT molecular complexity index is 523. The van der Waals surface area contributed by atoms with Crippen molar-refractivity contribution >= 4 is 22.6 Å². The fraction of sp³-hybridized carbons (Fsp3) is 0.0909. The summed E-state index contributed by atoms with van der Waals surface area (Å²) in [5.41, 5.74) is 7.20. The molecular weight excluding hydrogens is 192 g/mol. The van der Waals surface area contributed by atoms with Gasteiger partial charge in [0.05, 0.1) is 18.3 Å². The molecule has 4 nitrogen and oxygen atoms in total. The average molecular weight is 202 g/mol. The minimum absolute atomic E-state index is 0.267. The summed E-state index contributed by atoms with van der Waals surface area (Å²) < 4.78 is 4.58. The summed E-state index contributed by atoms with van der Waals surface area (Å²) in [6.07, 6.45) is 0. The molecule has 0 saturated heterocycles. The third kappa shape index (κ3) is 1.61. The summed E-state index contributed by atoms with van der Waals surface area (Å²) in [7, 11) is 1.32. The van der Waals surface area contributed by atoms with Crippen LogP contribution in [0, 0.1) is 0 Å². The number of nitrogens with zero attached hydrogens (tertiary/aromatic N) is 1. The topological polar surface area (TPSA) is 65.2 Å². The average Bonchev–Trinajstić information content (AvgIpc) is 2.28. The number of anilines is 1. The van der Waals surface area contributed by atoms with Crippen molar-refractivity contribution in [3.8, 4) is 0 Å². The predicted molar refractivity (Wildman–Crippen MR) is 57.5 cm³/mol. The zero-order valence-electron chi connectivity index (χ0n) is 8.23. The highest BCUT2D eigenvalue weighted by molar-refractivity contribution is 5.94. The number of pyridine rings is 1. The molecule has 0 spiro atoms. The number of rotatable bonds is 1. The molecule has 0 radical (unpaired) electrons. The molecule has 0 atom stereocenters. The molecule has 0 fully saturated rings. The summed E-state index contributed by atoms with van der Waals surface area (Å²) in [6.45, 7) is 0. The Hall–Kier alpha value is -2.10. The lowest BCUT2D eigenvalue weighted by molar-refractivity contribution is 0.0594. The zero-order valence-corrected chi connectivity index (χ0v) is 8.23. The molecule has 2 N–H and O–H groups in total. The lowest BCUT2D eigenvalue weighted by Crippen LogP contribution is -2.04. The summed E-state index contributed by atoms with van der Waals surface area (Å²) in [5.74, 6) is -0.458. The summed E-state index contributed by atoms with van der Waals surface area (Å²) in [4.78, 5) is 15.4. The molecule has 15 heavy (non-hydrogen) atoms. The standard InChI is InChI=1S/C11H10N2O2/c1-15-11(14)9-6-5-7-3-2-4-8(12)10(7)13-9/h2-6H,12H2,1H3. The van der Waals surface area contributed by atoms with Crippen LogP contribution in [-0.4, -0.2) is 18.1 Å². The number of hydrogen-bond donors (Lipinski definition) is 1. The normalized spacial score (nSPS) is 10.2. The Morgan fingerprint density at radius 2 is 2.13 bits per heavy atom. The number of aromatic nitrogens is 1. The highest BCUT2D eigenvalue weighted by Gasteiger charge is 2.08. The van der Waals surface area contributed by atoms with Gasteiger partial charge in [-0.15, -0.1) is 0 Å². The van der Waals surface area contributed by atoms with Gasteiger partial charge in [0.1, 0.15) is 5.69 Å². The maximum absolute atomic E-state index is 11.2. The van der Waals surface area contributed by atoms with E-state index in [-0.39, 0.29) is 5.69 Å². The van der Waals surface area contributed by atoms with Crippen molar-refractivity contribution in [2.24, 2.45) is 0 Å². The monoisotopic (exact) mass is 202 g/mol. The van der Waals surface area contributed by atoms with E-state index in [0.717, 1.165) is 5.39 Å². The van der Waals surface area contributed by atoms with Gasteiger partial charge >= 0.3 is 5.97 Å². The van der Waals surface area contributed by atoms with E-state index in [4.69, 9.17) is 5.73 Å². The van der Waals surface area contributed by atoms with E-state index < -0.39 is 5.97 Å². The van der Waals surface area contributed by atoms with Crippen LogP contribution >= 0.6 is 0 Å². The molecule has 0 aliphatic carbocycles. The molecule has 0 bridgehead atoms. The highest BCUT2D eigenvalue weighted by Crippen LogP contribution is 2.18. The van der Waals surface area contributed by atoms with Crippen LogP contribution in [0.1, 0.15) is 10.5 Å². The first-order valence-electron chi connectivity index (χ1n) is 4.46. The van der Waals surface area contributed by atoms with Crippen LogP contribution in [-0.2, 0) is 4.74 Å². The molecule has 0 aliphatic rings. The van der Waals surface area contributed by atoms with Crippen molar-refractivity contribution in [3.63, 3.8) is 0 Å². The van der Waals surface area contributed by atoms with Crippen LogP contribution in [0.2, 0.25) is 0 Å². The maximum atomic E-state index is 11.2. The van der Waals surface area contributed by atoms with E-state index in [1.165, 1.54) is 7.11 Å². The van der Waals surface area contributed by atoms with Gasteiger partial charge in [-0.2, -0.15) is 0 Å².